The van der Waals surface area contributed by atoms with Crippen LogP contribution >= 0.6 is 0 Å². The Morgan fingerprint density at radius 3 is 2.71 bits per heavy atom. The molecule has 5 nitrogen and oxygen atoms in total. The van der Waals surface area contributed by atoms with Crippen molar-refractivity contribution >= 4 is 11.9 Å². The molecule has 2 rings (SSSR count). The smallest absolute Gasteiger partial charge is 0.326 e. The fraction of sp³-hybridized carbons (Fsp3) is 0.500. The summed E-state index contributed by atoms with van der Waals surface area (Å²) in [5.74, 6) is -1.36. The van der Waals surface area contributed by atoms with Crippen LogP contribution < -0.4 is 5.32 Å². The number of rotatable bonds is 5. The lowest BCUT2D eigenvalue weighted by Crippen LogP contribution is -2.46. The molecular weight excluding hydrogens is 270 g/mol. The number of aryl methyl sites for hydroxylation is 2. The number of benzene rings is 1. The minimum absolute atomic E-state index is 0.273. The normalized spacial score (nSPS) is 19.2. The Morgan fingerprint density at radius 1 is 1.38 bits per heavy atom. The van der Waals surface area contributed by atoms with E-state index in [1.807, 2.05) is 32.0 Å². The minimum atomic E-state index is -1.03. The van der Waals surface area contributed by atoms with Gasteiger partial charge < -0.3 is 15.2 Å². The molecule has 1 fully saturated rings. The maximum absolute atomic E-state index is 12.0. The van der Waals surface area contributed by atoms with Crippen molar-refractivity contribution in [1.29, 1.82) is 0 Å². The van der Waals surface area contributed by atoms with Gasteiger partial charge in [0.05, 0.1) is 0 Å². The number of ether oxygens (including phenoxy) is 1. The Labute approximate surface area is 124 Å². The molecule has 21 heavy (non-hydrogen) atoms. The highest BCUT2D eigenvalue weighted by molar-refractivity contribution is 5.86. The second kappa shape index (κ2) is 6.72. The molecule has 1 aliphatic heterocycles. The number of carboxylic acid groups (broad SMARTS) is 1. The van der Waals surface area contributed by atoms with Crippen LogP contribution in [0.1, 0.15) is 29.5 Å². The Balaban J connectivity index is 2.03. The molecule has 0 unspecified atom stereocenters. The van der Waals surface area contributed by atoms with Gasteiger partial charge in [0.1, 0.15) is 12.1 Å². The molecule has 1 aliphatic rings. The molecule has 0 aromatic heterocycles. The van der Waals surface area contributed by atoms with Gasteiger partial charge in [-0.2, -0.15) is 0 Å². The molecule has 2 N–H and O–H groups in total. The van der Waals surface area contributed by atoms with Gasteiger partial charge >= 0.3 is 5.97 Å². The molecule has 0 spiro atoms. The zero-order valence-corrected chi connectivity index (χ0v) is 12.4. The van der Waals surface area contributed by atoms with Crippen LogP contribution in [0.15, 0.2) is 18.2 Å². The first-order valence-electron chi connectivity index (χ1n) is 7.18. The number of carbonyl (C=O) groups excluding carboxylic acids is 1. The quantitative estimate of drug-likeness (QED) is 0.864. The van der Waals surface area contributed by atoms with E-state index in [-0.39, 0.29) is 12.3 Å². The second-order valence-electron chi connectivity index (χ2n) is 5.52. The highest BCUT2D eigenvalue weighted by Crippen LogP contribution is 2.14. The van der Waals surface area contributed by atoms with Crippen LogP contribution in [0.4, 0.5) is 0 Å². The van der Waals surface area contributed by atoms with Crippen LogP contribution in [0, 0.1) is 13.8 Å². The molecule has 1 aromatic carbocycles. The van der Waals surface area contributed by atoms with E-state index in [0.29, 0.717) is 13.0 Å². The summed E-state index contributed by atoms with van der Waals surface area (Å²) in [6, 6.07) is 4.90. The molecule has 1 saturated heterocycles. The van der Waals surface area contributed by atoms with Gasteiger partial charge in [0.15, 0.2) is 0 Å². The molecule has 0 aliphatic carbocycles. The summed E-state index contributed by atoms with van der Waals surface area (Å²) < 4.78 is 5.28. The Hall–Kier alpha value is -1.88. The molecule has 1 aromatic rings. The van der Waals surface area contributed by atoms with E-state index >= 15 is 0 Å². The average Bonchev–Trinajstić information content (AvgIpc) is 2.96. The second-order valence-corrected chi connectivity index (χ2v) is 5.52. The summed E-state index contributed by atoms with van der Waals surface area (Å²) in [5.41, 5.74) is 3.18. The van der Waals surface area contributed by atoms with Crippen molar-refractivity contribution in [3.05, 3.63) is 34.9 Å². The summed E-state index contributed by atoms with van der Waals surface area (Å²) in [6.07, 6.45) is 1.26. The summed E-state index contributed by atoms with van der Waals surface area (Å²) in [6.45, 7) is 4.56. The van der Waals surface area contributed by atoms with Crippen LogP contribution in [0.2, 0.25) is 0 Å². The van der Waals surface area contributed by atoms with Gasteiger partial charge in [0.2, 0.25) is 5.91 Å². The summed E-state index contributed by atoms with van der Waals surface area (Å²) >= 11 is 0. The molecule has 2 atom stereocenters. The predicted molar refractivity (Wildman–Crippen MR) is 78.2 cm³/mol. The van der Waals surface area contributed by atoms with Crippen molar-refractivity contribution in [3.8, 4) is 0 Å². The predicted octanol–water partition coefficient (Wildman–Crippen LogP) is 1.59. The third-order valence-corrected chi connectivity index (χ3v) is 3.85. The maximum Gasteiger partial charge on any atom is 0.326 e. The van der Waals surface area contributed by atoms with E-state index in [2.05, 4.69) is 5.32 Å². The van der Waals surface area contributed by atoms with E-state index in [1.165, 1.54) is 0 Å². The fourth-order valence-corrected chi connectivity index (χ4v) is 2.42. The van der Waals surface area contributed by atoms with E-state index in [1.54, 1.807) is 0 Å². The average molecular weight is 291 g/mol. The summed E-state index contributed by atoms with van der Waals surface area (Å²) in [5, 5.41) is 11.9. The van der Waals surface area contributed by atoms with E-state index in [4.69, 9.17) is 4.74 Å². The SMILES string of the molecule is Cc1ccc(C[C@@H](NC(=O)[C@@H]2CCCO2)C(=O)O)cc1C. The number of carboxylic acids is 1. The molecule has 1 heterocycles. The lowest BCUT2D eigenvalue weighted by atomic mass is 10.0. The zero-order chi connectivity index (χ0) is 15.4. The van der Waals surface area contributed by atoms with E-state index in [0.717, 1.165) is 23.1 Å². The van der Waals surface area contributed by atoms with Crippen LogP contribution in [-0.2, 0) is 20.7 Å². The van der Waals surface area contributed by atoms with Gasteiger partial charge in [-0.25, -0.2) is 4.79 Å². The molecule has 0 bridgehead atoms. The number of nitrogens with one attached hydrogen (secondary N) is 1. The Bertz CT molecular complexity index is 535. The molecule has 1 amide bonds. The molecular formula is C16H21NO4. The van der Waals surface area contributed by atoms with Crippen LogP contribution in [0.5, 0.6) is 0 Å². The first-order valence-corrected chi connectivity index (χ1v) is 7.18. The monoisotopic (exact) mass is 291 g/mol. The third-order valence-electron chi connectivity index (χ3n) is 3.85. The lowest BCUT2D eigenvalue weighted by Gasteiger charge is -2.17. The Kier molecular flexibility index (Phi) is 4.96. The van der Waals surface area contributed by atoms with Gasteiger partial charge in [-0.05, 0) is 43.4 Å². The van der Waals surface area contributed by atoms with Crippen molar-refractivity contribution in [2.24, 2.45) is 0 Å². The number of amides is 1. The van der Waals surface area contributed by atoms with Gasteiger partial charge in [0.25, 0.3) is 0 Å². The van der Waals surface area contributed by atoms with Crippen LogP contribution in [-0.4, -0.2) is 35.7 Å². The fourth-order valence-electron chi connectivity index (χ4n) is 2.42. The minimum Gasteiger partial charge on any atom is -0.480 e. The van der Waals surface area contributed by atoms with Crippen LogP contribution in [0.3, 0.4) is 0 Å². The van der Waals surface area contributed by atoms with E-state index in [9.17, 15) is 14.7 Å². The number of hydrogen-bond acceptors (Lipinski definition) is 3. The number of hydrogen-bond donors (Lipinski definition) is 2. The highest BCUT2D eigenvalue weighted by Gasteiger charge is 2.28. The van der Waals surface area contributed by atoms with Crippen molar-refractivity contribution in [1.82, 2.24) is 5.32 Å². The Morgan fingerprint density at radius 2 is 2.14 bits per heavy atom. The third kappa shape index (κ3) is 4.04. The topological polar surface area (TPSA) is 75.6 Å². The summed E-state index contributed by atoms with van der Waals surface area (Å²) in [4.78, 5) is 23.3. The van der Waals surface area contributed by atoms with Crippen LogP contribution in [0.25, 0.3) is 0 Å². The van der Waals surface area contributed by atoms with Gasteiger partial charge in [-0.3, -0.25) is 4.79 Å². The van der Waals surface area contributed by atoms with Crippen molar-refractivity contribution < 1.29 is 19.4 Å². The number of aliphatic carboxylic acids is 1. The standard InChI is InChI=1S/C16H21NO4/c1-10-5-6-12(8-11(10)2)9-13(16(19)20)17-15(18)14-4-3-7-21-14/h5-6,8,13-14H,3-4,7,9H2,1-2H3,(H,17,18)(H,19,20)/t13-,14+/m1/s1. The summed E-state index contributed by atoms with van der Waals surface area (Å²) in [7, 11) is 0. The number of carbonyl (C=O) groups is 2. The highest BCUT2D eigenvalue weighted by atomic mass is 16.5. The first kappa shape index (κ1) is 15.5. The van der Waals surface area contributed by atoms with Gasteiger partial charge in [0, 0.05) is 13.0 Å². The molecule has 114 valence electrons. The maximum atomic E-state index is 12.0. The largest absolute Gasteiger partial charge is 0.480 e. The van der Waals surface area contributed by atoms with Gasteiger partial charge in [-0.15, -0.1) is 0 Å². The van der Waals surface area contributed by atoms with Gasteiger partial charge in [-0.1, -0.05) is 18.2 Å². The van der Waals surface area contributed by atoms with Crippen molar-refractivity contribution in [2.75, 3.05) is 6.61 Å². The van der Waals surface area contributed by atoms with Crippen molar-refractivity contribution in [2.45, 2.75) is 45.3 Å². The molecule has 0 saturated carbocycles. The van der Waals surface area contributed by atoms with E-state index < -0.39 is 18.1 Å². The molecule has 0 radical (unpaired) electrons. The molecule has 5 heteroatoms. The zero-order valence-electron chi connectivity index (χ0n) is 12.4. The lowest BCUT2D eigenvalue weighted by molar-refractivity contribution is -0.143. The van der Waals surface area contributed by atoms with Crippen molar-refractivity contribution in [3.63, 3.8) is 0 Å². The first-order chi connectivity index (χ1) is 9.97.